The van der Waals surface area contributed by atoms with Crippen molar-refractivity contribution in [1.82, 2.24) is 44.6 Å². The van der Waals surface area contributed by atoms with E-state index in [9.17, 15) is 19.5 Å². The number of carboxylic acid groups (broad SMARTS) is 2. The van der Waals surface area contributed by atoms with E-state index in [1.807, 2.05) is 6.07 Å². The van der Waals surface area contributed by atoms with Gasteiger partial charge in [-0.25, -0.2) is 4.98 Å². The Morgan fingerprint density at radius 3 is 2.52 bits per heavy atom. The molecule has 17 nitrogen and oxygen atoms in total. The van der Waals surface area contributed by atoms with E-state index in [1.165, 1.54) is 16.7 Å². The van der Waals surface area contributed by atoms with Crippen molar-refractivity contribution in [2.24, 2.45) is 5.73 Å². The second kappa shape index (κ2) is 19.5. The molecule has 18 heteroatoms. The molecule has 1 amide bonds. The van der Waals surface area contributed by atoms with Gasteiger partial charge in [0.1, 0.15) is 17.3 Å². The Bertz CT molecular complexity index is 1880. The summed E-state index contributed by atoms with van der Waals surface area (Å²) >= 11 is 0.906. The van der Waals surface area contributed by atoms with Crippen LogP contribution in [0.1, 0.15) is 55.0 Å². The molecule has 292 valence electrons. The van der Waals surface area contributed by atoms with Crippen molar-refractivity contribution in [3.8, 4) is 0 Å². The van der Waals surface area contributed by atoms with E-state index in [0.29, 0.717) is 18.8 Å². The SMILES string of the molecule is CCCCCNc1nc(N)nc2ccn(Cc3ccc(CN4CCN(CCn5cc(CNC(=O)[C@H](CC(=O)O)SC[C@H](N)C(=O)O)nn5)CC4)cc3C)c12. The van der Waals surface area contributed by atoms with Crippen LogP contribution in [0.15, 0.2) is 36.7 Å². The van der Waals surface area contributed by atoms with Crippen molar-refractivity contribution in [1.29, 1.82) is 0 Å². The topological polar surface area (TPSA) is 236 Å². The fourth-order valence-electron chi connectivity index (χ4n) is 6.35. The molecular formula is C36H52N12O5S. The van der Waals surface area contributed by atoms with Crippen molar-refractivity contribution in [2.45, 2.75) is 77.0 Å². The first kappa shape index (κ1) is 40.4. The molecule has 0 aliphatic carbocycles. The first-order valence-corrected chi connectivity index (χ1v) is 19.4. The molecule has 5 rings (SSSR count). The number of nitrogens with zero attached hydrogens (tertiary/aromatic N) is 8. The summed E-state index contributed by atoms with van der Waals surface area (Å²) in [6.45, 7) is 12.1. The predicted molar refractivity (Wildman–Crippen MR) is 208 cm³/mol. The highest BCUT2D eigenvalue weighted by Gasteiger charge is 2.25. The number of hydrogen-bond donors (Lipinski definition) is 6. The van der Waals surface area contributed by atoms with Gasteiger partial charge in [-0.05, 0) is 36.1 Å². The van der Waals surface area contributed by atoms with Gasteiger partial charge >= 0.3 is 11.9 Å². The van der Waals surface area contributed by atoms with Crippen molar-refractivity contribution < 1.29 is 24.6 Å². The predicted octanol–water partition coefficient (Wildman–Crippen LogP) is 1.99. The highest BCUT2D eigenvalue weighted by atomic mass is 32.2. The molecule has 4 heterocycles. The van der Waals surface area contributed by atoms with Crippen LogP contribution in [0.3, 0.4) is 0 Å². The van der Waals surface area contributed by atoms with Crippen molar-refractivity contribution >= 4 is 52.4 Å². The molecule has 1 aliphatic heterocycles. The lowest BCUT2D eigenvalue weighted by atomic mass is 10.0. The number of piperazine rings is 1. The smallest absolute Gasteiger partial charge is 0.321 e. The number of nitrogens with two attached hydrogens (primary N) is 2. The van der Waals surface area contributed by atoms with Gasteiger partial charge < -0.3 is 36.9 Å². The third-order valence-electron chi connectivity index (χ3n) is 9.44. The maximum atomic E-state index is 12.6. The number of carboxylic acids is 2. The van der Waals surface area contributed by atoms with Gasteiger partial charge in [0.15, 0.2) is 5.82 Å². The number of rotatable bonds is 21. The zero-order chi connectivity index (χ0) is 38.6. The zero-order valence-corrected chi connectivity index (χ0v) is 31.8. The number of benzene rings is 1. The lowest BCUT2D eigenvalue weighted by Gasteiger charge is -2.34. The van der Waals surface area contributed by atoms with E-state index < -0.39 is 35.6 Å². The summed E-state index contributed by atoms with van der Waals surface area (Å²) in [6, 6.07) is 7.54. The molecule has 0 saturated carbocycles. The molecule has 2 atom stereocenters. The number of anilines is 2. The zero-order valence-electron chi connectivity index (χ0n) is 31.0. The van der Waals surface area contributed by atoms with Gasteiger partial charge in [-0.15, -0.1) is 16.9 Å². The number of carbonyl (C=O) groups is 3. The van der Waals surface area contributed by atoms with Gasteiger partial charge in [0.25, 0.3) is 0 Å². The van der Waals surface area contributed by atoms with Gasteiger partial charge in [-0.1, -0.05) is 43.2 Å². The maximum Gasteiger partial charge on any atom is 0.321 e. The molecular weight excluding hydrogens is 713 g/mol. The molecule has 3 aromatic heterocycles. The fraction of sp³-hybridized carbons (Fsp3) is 0.528. The standard InChI is InChI=1S/C36H52N12O5S/c1-3-4-5-9-39-33-32-29(41-36(38)42-33)8-10-47(32)21-26-7-6-25(17-24(26)2)20-46-13-11-45(12-14-46)15-16-48-22-27(43-44-48)19-40-34(51)30(18-31(49)50)54-23-28(37)35(52)53/h6-8,10,17,22,28,30H,3-5,9,11-16,18-21,23,37H2,1-2H3,(H,40,51)(H,49,50)(H,52,53)(H3,38,39,41,42)/t28-,30-/m0/s1. The number of carbonyl (C=O) groups excluding carboxylic acids is 1. The molecule has 1 aliphatic rings. The largest absolute Gasteiger partial charge is 0.481 e. The normalized spacial score (nSPS) is 14.9. The van der Waals surface area contributed by atoms with E-state index in [-0.39, 0.29) is 18.2 Å². The lowest BCUT2D eigenvalue weighted by Crippen LogP contribution is -2.46. The van der Waals surface area contributed by atoms with Crippen LogP contribution in [0.5, 0.6) is 0 Å². The number of unbranched alkanes of at least 4 members (excludes halogenated alkanes) is 2. The number of thioether (sulfide) groups is 1. The number of aliphatic carboxylic acids is 2. The van der Waals surface area contributed by atoms with Gasteiger partial charge in [0.2, 0.25) is 11.9 Å². The first-order valence-electron chi connectivity index (χ1n) is 18.4. The average Bonchev–Trinajstić information content (AvgIpc) is 3.78. The van der Waals surface area contributed by atoms with Crippen molar-refractivity contribution in [3.05, 3.63) is 59.0 Å². The highest BCUT2D eigenvalue weighted by Crippen LogP contribution is 2.25. The van der Waals surface area contributed by atoms with E-state index in [0.717, 1.165) is 93.7 Å². The average molecular weight is 765 g/mol. The van der Waals surface area contributed by atoms with Crippen LogP contribution < -0.4 is 22.1 Å². The second-order valence-corrected chi connectivity index (χ2v) is 14.9. The summed E-state index contributed by atoms with van der Waals surface area (Å²) in [5.74, 6) is -1.93. The third-order valence-corrected chi connectivity index (χ3v) is 10.8. The Morgan fingerprint density at radius 2 is 1.80 bits per heavy atom. The summed E-state index contributed by atoms with van der Waals surface area (Å²) in [6.07, 6.45) is 6.76. The summed E-state index contributed by atoms with van der Waals surface area (Å²) < 4.78 is 3.93. The molecule has 4 aromatic rings. The van der Waals surface area contributed by atoms with Crippen LogP contribution in [0.25, 0.3) is 11.0 Å². The minimum atomic E-state index is -1.21. The molecule has 8 N–H and O–H groups in total. The molecule has 0 unspecified atom stereocenters. The quantitative estimate of drug-likeness (QED) is 0.0666. The van der Waals surface area contributed by atoms with E-state index >= 15 is 0 Å². The fourth-order valence-corrected chi connectivity index (χ4v) is 7.43. The van der Waals surface area contributed by atoms with Crippen LogP contribution >= 0.6 is 11.8 Å². The first-order chi connectivity index (χ1) is 26.0. The van der Waals surface area contributed by atoms with Gasteiger partial charge in [0.05, 0.1) is 36.5 Å². The number of fused-ring (bicyclic) bond motifs is 1. The van der Waals surface area contributed by atoms with E-state index in [1.54, 1.807) is 10.9 Å². The minimum absolute atomic E-state index is 0.0744. The molecule has 0 spiro atoms. The summed E-state index contributed by atoms with van der Waals surface area (Å²) in [7, 11) is 0. The summed E-state index contributed by atoms with van der Waals surface area (Å²) in [5.41, 5.74) is 17.6. The van der Waals surface area contributed by atoms with Crippen LogP contribution in [-0.4, -0.2) is 124 Å². The highest BCUT2D eigenvalue weighted by molar-refractivity contribution is 8.00. The Hall–Kier alpha value is -4.78. The Labute approximate surface area is 318 Å². The van der Waals surface area contributed by atoms with Crippen LogP contribution in [0, 0.1) is 6.92 Å². The van der Waals surface area contributed by atoms with Crippen LogP contribution in [0.2, 0.25) is 0 Å². The number of aromatic nitrogens is 6. The minimum Gasteiger partial charge on any atom is -0.481 e. The number of nitrogen functional groups attached to an aromatic ring is 1. The van der Waals surface area contributed by atoms with Crippen molar-refractivity contribution in [3.63, 3.8) is 0 Å². The lowest BCUT2D eigenvalue weighted by molar-refractivity contribution is -0.138. The molecule has 1 aromatic carbocycles. The maximum absolute atomic E-state index is 12.6. The molecule has 1 saturated heterocycles. The molecule has 0 radical (unpaired) electrons. The Morgan fingerprint density at radius 1 is 1.02 bits per heavy atom. The van der Waals surface area contributed by atoms with Gasteiger partial charge in [-0.3, -0.25) is 28.9 Å². The second-order valence-electron chi connectivity index (χ2n) is 13.7. The molecule has 54 heavy (non-hydrogen) atoms. The molecule has 1 fully saturated rings. The molecule has 0 bridgehead atoms. The van der Waals surface area contributed by atoms with Crippen LogP contribution in [-0.2, 0) is 40.6 Å². The van der Waals surface area contributed by atoms with Crippen molar-refractivity contribution in [2.75, 3.05) is 56.1 Å². The van der Waals surface area contributed by atoms with Crippen LogP contribution in [0.4, 0.5) is 11.8 Å². The van der Waals surface area contributed by atoms with E-state index in [2.05, 4.69) is 83.5 Å². The number of nitrogens with one attached hydrogen (secondary N) is 2. The summed E-state index contributed by atoms with van der Waals surface area (Å²) in [5, 5.41) is 31.7. The number of amides is 1. The monoisotopic (exact) mass is 764 g/mol. The summed E-state index contributed by atoms with van der Waals surface area (Å²) in [4.78, 5) is 48.7. The number of hydrogen-bond acceptors (Lipinski definition) is 13. The Balaban J connectivity index is 1.05. The van der Waals surface area contributed by atoms with Gasteiger partial charge in [-0.2, -0.15) is 4.98 Å². The third kappa shape index (κ3) is 11.6. The van der Waals surface area contributed by atoms with Gasteiger partial charge in [0, 0.05) is 64.3 Å². The van der Waals surface area contributed by atoms with E-state index in [4.69, 9.17) is 16.6 Å². The Kier molecular flexibility index (Phi) is 14.6. The number of aryl methyl sites for hydroxylation is 1.